The molecular formula is C19H17F3N4O. The molecule has 27 heavy (non-hydrogen) atoms. The summed E-state index contributed by atoms with van der Waals surface area (Å²) >= 11 is 0. The number of hydrogen-bond acceptors (Lipinski definition) is 4. The van der Waals surface area contributed by atoms with Gasteiger partial charge in [-0.15, -0.1) is 0 Å². The first-order valence-electron chi connectivity index (χ1n) is 8.15. The van der Waals surface area contributed by atoms with Crippen LogP contribution < -0.4 is 4.74 Å². The second-order valence-corrected chi connectivity index (χ2v) is 5.85. The third-order valence-electron chi connectivity index (χ3n) is 3.88. The normalized spacial score (nSPS) is 11.9. The number of rotatable bonds is 6. The number of halogens is 3. The number of ether oxygens (including phenoxy) is 1. The van der Waals surface area contributed by atoms with Gasteiger partial charge in [0.15, 0.2) is 0 Å². The standard InChI is InChI=1S/C19H17F3N4O/c1-23-11-18-17(24-26-25-18)10-13-4-8-16(9-5-13)27-12-14-2-6-15(7-3-14)19(20,21)22/h2-9,11H,10,12H2,1H3,(H,24,25,26). The second kappa shape index (κ2) is 8.03. The zero-order valence-corrected chi connectivity index (χ0v) is 14.5. The molecule has 1 N–H and O–H groups in total. The Bertz CT molecular complexity index is 900. The van der Waals surface area contributed by atoms with E-state index in [-0.39, 0.29) is 6.61 Å². The molecule has 0 aliphatic heterocycles. The molecule has 0 aliphatic rings. The number of benzene rings is 2. The minimum atomic E-state index is -4.33. The van der Waals surface area contributed by atoms with Crippen LogP contribution in [0.2, 0.25) is 0 Å². The number of aromatic amines is 1. The number of aliphatic imine (C=N–C) groups is 1. The van der Waals surface area contributed by atoms with Gasteiger partial charge < -0.3 is 4.74 Å². The van der Waals surface area contributed by atoms with Crippen LogP contribution in [0.5, 0.6) is 5.75 Å². The van der Waals surface area contributed by atoms with E-state index in [9.17, 15) is 13.2 Å². The van der Waals surface area contributed by atoms with Crippen LogP contribution in [0.4, 0.5) is 13.2 Å². The van der Waals surface area contributed by atoms with Gasteiger partial charge >= 0.3 is 6.18 Å². The van der Waals surface area contributed by atoms with Crippen LogP contribution in [0.25, 0.3) is 0 Å². The average Bonchev–Trinajstić information content (AvgIpc) is 3.08. The van der Waals surface area contributed by atoms with E-state index >= 15 is 0 Å². The lowest BCUT2D eigenvalue weighted by Crippen LogP contribution is -2.05. The Morgan fingerprint density at radius 3 is 2.30 bits per heavy atom. The molecule has 0 radical (unpaired) electrons. The average molecular weight is 374 g/mol. The third kappa shape index (κ3) is 4.93. The molecule has 0 saturated carbocycles. The predicted octanol–water partition coefficient (Wildman–Crippen LogP) is 4.04. The van der Waals surface area contributed by atoms with Gasteiger partial charge in [0.2, 0.25) is 0 Å². The minimum Gasteiger partial charge on any atom is -0.489 e. The minimum absolute atomic E-state index is 0.192. The first kappa shape index (κ1) is 18.6. The predicted molar refractivity (Wildman–Crippen MR) is 94.9 cm³/mol. The van der Waals surface area contributed by atoms with E-state index in [0.717, 1.165) is 23.4 Å². The molecule has 0 saturated heterocycles. The zero-order chi connectivity index (χ0) is 19.3. The molecule has 0 fully saturated rings. The maximum Gasteiger partial charge on any atom is 0.416 e. The SMILES string of the molecule is CN=Cc1n[nH]nc1Cc1ccc(OCc2ccc(C(F)(F)F)cc2)cc1. The Kier molecular flexibility index (Phi) is 5.54. The van der Waals surface area contributed by atoms with Gasteiger partial charge in [-0.05, 0) is 35.4 Å². The van der Waals surface area contributed by atoms with E-state index < -0.39 is 11.7 Å². The summed E-state index contributed by atoms with van der Waals surface area (Å²) in [5, 5.41) is 10.7. The van der Waals surface area contributed by atoms with Gasteiger partial charge in [0.25, 0.3) is 0 Å². The van der Waals surface area contributed by atoms with Crippen molar-refractivity contribution in [1.29, 1.82) is 0 Å². The molecule has 0 atom stereocenters. The van der Waals surface area contributed by atoms with Gasteiger partial charge in [0.1, 0.15) is 18.1 Å². The molecule has 3 aromatic rings. The van der Waals surface area contributed by atoms with Crippen molar-refractivity contribution in [3.63, 3.8) is 0 Å². The van der Waals surface area contributed by atoms with Crippen molar-refractivity contribution in [2.24, 2.45) is 4.99 Å². The lowest BCUT2D eigenvalue weighted by molar-refractivity contribution is -0.137. The molecule has 0 aliphatic carbocycles. The van der Waals surface area contributed by atoms with Crippen LogP contribution in [0.3, 0.4) is 0 Å². The van der Waals surface area contributed by atoms with Gasteiger partial charge in [-0.1, -0.05) is 24.3 Å². The number of hydrogen-bond donors (Lipinski definition) is 1. The molecule has 140 valence electrons. The molecule has 1 heterocycles. The maximum absolute atomic E-state index is 12.6. The van der Waals surface area contributed by atoms with E-state index in [1.807, 2.05) is 24.3 Å². The third-order valence-corrected chi connectivity index (χ3v) is 3.88. The highest BCUT2D eigenvalue weighted by Crippen LogP contribution is 2.29. The van der Waals surface area contributed by atoms with Crippen molar-refractivity contribution < 1.29 is 17.9 Å². The topological polar surface area (TPSA) is 63.2 Å². The summed E-state index contributed by atoms with van der Waals surface area (Å²) in [5.41, 5.74) is 2.50. The van der Waals surface area contributed by atoms with Gasteiger partial charge in [-0.25, -0.2) is 0 Å². The molecule has 0 bridgehead atoms. The van der Waals surface area contributed by atoms with Crippen molar-refractivity contribution in [1.82, 2.24) is 15.4 Å². The molecule has 5 nitrogen and oxygen atoms in total. The molecule has 3 rings (SSSR count). The summed E-state index contributed by atoms with van der Waals surface area (Å²) in [5.74, 6) is 0.633. The van der Waals surface area contributed by atoms with Crippen molar-refractivity contribution in [3.05, 3.63) is 76.6 Å². The lowest BCUT2D eigenvalue weighted by Gasteiger charge is -2.09. The Morgan fingerprint density at radius 1 is 1.00 bits per heavy atom. The number of alkyl halides is 3. The Hall–Kier alpha value is -3.16. The van der Waals surface area contributed by atoms with Crippen LogP contribution in [0.1, 0.15) is 28.1 Å². The Morgan fingerprint density at radius 2 is 1.67 bits per heavy atom. The summed E-state index contributed by atoms with van der Waals surface area (Å²) < 4.78 is 43.3. The van der Waals surface area contributed by atoms with Gasteiger partial charge in [0, 0.05) is 13.5 Å². The van der Waals surface area contributed by atoms with Crippen molar-refractivity contribution in [2.75, 3.05) is 7.05 Å². The smallest absolute Gasteiger partial charge is 0.416 e. The highest BCUT2D eigenvalue weighted by Gasteiger charge is 2.29. The quantitative estimate of drug-likeness (QED) is 0.663. The highest BCUT2D eigenvalue weighted by molar-refractivity contribution is 5.78. The molecule has 1 aromatic heterocycles. The van der Waals surface area contributed by atoms with Crippen molar-refractivity contribution >= 4 is 6.21 Å². The van der Waals surface area contributed by atoms with E-state index in [4.69, 9.17) is 4.74 Å². The zero-order valence-electron chi connectivity index (χ0n) is 14.5. The summed E-state index contributed by atoms with van der Waals surface area (Å²) in [7, 11) is 1.67. The first-order valence-corrected chi connectivity index (χ1v) is 8.15. The molecule has 0 amide bonds. The maximum atomic E-state index is 12.6. The number of nitrogens with one attached hydrogen (secondary N) is 1. The summed E-state index contributed by atoms with van der Waals surface area (Å²) in [6.45, 7) is 0.192. The van der Waals surface area contributed by atoms with E-state index in [1.165, 1.54) is 12.1 Å². The first-order chi connectivity index (χ1) is 13.0. The van der Waals surface area contributed by atoms with Crippen LogP contribution in [0.15, 0.2) is 53.5 Å². The Balaban J connectivity index is 1.58. The summed E-state index contributed by atoms with van der Waals surface area (Å²) in [4.78, 5) is 3.94. The Labute approximate surface area is 153 Å². The fourth-order valence-electron chi connectivity index (χ4n) is 2.47. The van der Waals surface area contributed by atoms with E-state index in [1.54, 1.807) is 13.3 Å². The summed E-state index contributed by atoms with van der Waals surface area (Å²) in [6, 6.07) is 12.4. The van der Waals surface area contributed by atoms with Gasteiger partial charge in [-0.2, -0.15) is 28.6 Å². The van der Waals surface area contributed by atoms with Crippen LogP contribution in [-0.4, -0.2) is 28.7 Å². The molecule has 0 unspecified atom stereocenters. The second-order valence-electron chi connectivity index (χ2n) is 5.85. The van der Waals surface area contributed by atoms with Crippen LogP contribution in [0, 0.1) is 0 Å². The molecule has 8 heteroatoms. The molecular weight excluding hydrogens is 357 g/mol. The van der Waals surface area contributed by atoms with E-state index in [0.29, 0.717) is 23.4 Å². The van der Waals surface area contributed by atoms with Gasteiger partial charge in [-0.3, -0.25) is 4.99 Å². The fraction of sp³-hybridized carbons (Fsp3) is 0.211. The van der Waals surface area contributed by atoms with Crippen LogP contribution in [-0.2, 0) is 19.2 Å². The fourth-order valence-corrected chi connectivity index (χ4v) is 2.47. The van der Waals surface area contributed by atoms with Crippen molar-refractivity contribution in [3.8, 4) is 5.75 Å². The largest absolute Gasteiger partial charge is 0.489 e. The number of nitrogens with zero attached hydrogens (tertiary/aromatic N) is 3. The van der Waals surface area contributed by atoms with Gasteiger partial charge in [0.05, 0.1) is 17.5 Å². The molecule has 0 spiro atoms. The molecule has 2 aromatic carbocycles. The lowest BCUT2D eigenvalue weighted by atomic mass is 10.1. The van der Waals surface area contributed by atoms with Crippen LogP contribution >= 0.6 is 0 Å². The number of aromatic nitrogens is 3. The summed E-state index contributed by atoms with van der Waals surface area (Å²) in [6.07, 6.45) is -2.10. The monoisotopic (exact) mass is 374 g/mol. The number of H-pyrrole nitrogens is 1. The highest BCUT2D eigenvalue weighted by atomic mass is 19.4. The van der Waals surface area contributed by atoms with Crippen molar-refractivity contribution in [2.45, 2.75) is 19.2 Å². The van der Waals surface area contributed by atoms with E-state index in [2.05, 4.69) is 20.4 Å².